The van der Waals surface area contributed by atoms with Gasteiger partial charge in [0.15, 0.2) is 0 Å². The molecule has 0 bridgehead atoms. The summed E-state index contributed by atoms with van der Waals surface area (Å²) in [5.41, 5.74) is 0.544. The average molecular weight is 287 g/mol. The molecular weight excluding hydrogens is 276 g/mol. The Balaban J connectivity index is 2.25. The van der Waals surface area contributed by atoms with Gasteiger partial charge in [0.05, 0.1) is 6.61 Å². The number of nitrogens with one attached hydrogen (secondary N) is 1. The largest absolute Gasteiger partial charge is 0.482 e. The summed E-state index contributed by atoms with van der Waals surface area (Å²) in [4.78, 5) is 0. The van der Waals surface area contributed by atoms with E-state index in [9.17, 15) is 26.3 Å². The van der Waals surface area contributed by atoms with E-state index in [1.165, 1.54) is 18.2 Å². The average Bonchev–Trinajstić information content (AvgIpc) is 2.27. The van der Waals surface area contributed by atoms with Gasteiger partial charge in [-0.2, -0.15) is 22.0 Å². The number of hydrogen-bond acceptors (Lipinski definition) is 2. The number of alkyl halides is 5. The van der Waals surface area contributed by atoms with Gasteiger partial charge in [0.1, 0.15) is 5.82 Å². The highest BCUT2D eigenvalue weighted by Gasteiger charge is 2.59. The zero-order chi connectivity index (χ0) is 14.5. The molecule has 0 amide bonds. The molecule has 1 aromatic carbocycles. The highest BCUT2D eigenvalue weighted by molar-refractivity contribution is 5.15. The van der Waals surface area contributed by atoms with Crippen LogP contribution < -0.4 is 5.32 Å². The van der Waals surface area contributed by atoms with E-state index >= 15 is 0 Å². The number of ether oxygens (including phenoxy) is 1. The van der Waals surface area contributed by atoms with Crippen molar-refractivity contribution in [3.63, 3.8) is 0 Å². The van der Waals surface area contributed by atoms with Crippen molar-refractivity contribution in [3.8, 4) is 0 Å². The Bertz CT molecular complexity index is 406. The Kier molecular flexibility index (Phi) is 5.19. The number of rotatable bonds is 6. The Morgan fingerprint density at radius 1 is 1.11 bits per heavy atom. The van der Waals surface area contributed by atoms with Crippen LogP contribution >= 0.6 is 0 Å². The van der Waals surface area contributed by atoms with E-state index in [4.69, 9.17) is 0 Å². The molecule has 19 heavy (non-hydrogen) atoms. The second-order valence-corrected chi connectivity index (χ2v) is 3.67. The fourth-order valence-electron chi connectivity index (χ4n) is 1.21. The smallest absolute Gasteiger partial charge is 0.312 e. The van der Waals surface area contributed by atoms with Crippen molar-refractivity contribution in [2.45, 2.75) is 18.8 Å². The molecule has 0 fully saturated rings. The first kappa shape index (κ1) is 15.8. The van der Waals surface area contributed by atoms with Crippen LogP contribution in [0.5, 0.6) is 0 Å². The molecule has 0 radical (unpaired) electrons. The van der Waals surface area contributed by atoms with Gasteiger partial charge in [-0.25, -0.2) is 4.39 Å². The maximum absolute atomic E-state index is 12.8. The molecule has 2 nitrogen and oxygen atoms in total. The summed E-state index contributed by atoms with van der Waals surface area (Å²) in [7, 11) is 0. The standard InChI is InChI=1S/C11H11F6NO/c12-9-3-1-2-8(6-9)7-18-4-5-19-11(16,17)10(13,14)15/h1-3,6,18H,4-5,7H2. The monoisotopic (exact) mass is 287 g/mol. The van der Waals surface area contributed by atoms with Crippen molar-refractivity contribution in [1.29, 1.82) is 0 Å². The van der Waals surface area contributed by atoms with Gasteiger partial charge in [0, 0.05) is 13.1 Å². The van der Waals surface area contributed by atoms with E-state index in [0.29, 0.717) is 5.56 Å². The highest BCUT2D eigenvalue weighted by atomic mass is 19.4. The molecule has 0 aliphatic carbocycles. The van der Waals surface area contributed by atoms with Gasteiger partial charge >= 0.3 is 12.3 Å². The summed E-state index contributed by atoms with van der Waals surface area (Å²) >= 11 is 0. The molecular formula is C11H11F6NO. The molecule has 1 rings (SSSR count). The van der Waals surface area contributed by atoms with Gasteiger partial charge < -0.3 is 10.1 Å². The van der Waals surface area contributed by atoms with E-state index in [1.54, 1.807) is 6.07 Å². The van der Waals surface area contributed by atoms with Crippen molar-refractivity contribution < 1.29 is 31.1 Å². The molecule has 108 valence electrons. The predicted octanol–water partition coefficient (Wildman–Crippen LogP) is 3.09. The lowest BCUT2D eigenvalue weighted by molar-refractivity contribution is -0.390. The molecule has 0 heterocycles. The molecule has 0 atom stereocenters. The topological polar surface area (TPSA) is 21.3 Å². The van der Waals surface area contributed by atoms with Crippen LogP contribution in [0, 0.1) is 5.82 Å². The number of halogens is 6. The molecule has 1 N–H and O–H groups in total. The summed E-state index contributed by atoms with van der Waals surface area (Å²) in [6.45, 7) is -0.900. The molecule has 0 unspecified atom stereocenters. The van der Waals surface area contributed by atoms with Crippen LogP contribution in [0.4, 0.5) is 26.3 Å². The summed E-state index contributed by atoms with van der Waals surface area (Å²) < 4.78 is 76.0. The van der Waals surface area contributed by atoms with E-state index in [2.05, 4.69) is 10.1 Å². The molecule has 1 aromatic rings. The van der Waals surface area contributed by atoms with E-state index < -0.39 is 24.7 Å². The van der Waals surface area contributed by atoms with Gasteiger partial charge in [-0.3, -0.25) is 0 Å². The normalized spacial score (nSPS) is 12.7. The van der Waals surface area contributed by atoms with Gasteiger partial charge in [0.2, 0.25) is 0 Å². The minimum Gasteiger partial charge on any atom is -0.312 e. The molecule has 0 saturated heterocycles. The molecule has 0 aromatic heterocycles. The van der Waals surface area contributed by atoms with Crippen molar-refractivity contribution in [1.82, 2.24) is 5.32 Å². The highest BCUT2D eigenvalue weighted by Crippen LogP contribution is 2.35. The van der Waals surface area contributed by atoms with Crippen molar-refractivity contribution in [2.24, 2.45) is 0 Å². The van der Waals surface area contributed by atoms with Gasteiger partial charge in [-0.1, -0.05) is 12.1 Å². The lowest BCUT2D eigenvalue weighted by Crippen LogP contribution is -2.40. The second-order valence-electron chi connectivity index (χ2n) is 3.67. The maximum Gasteiger partial charge on any atom is 0.482 e. The lowest BCUT2D eigenvalue weighted by Gasteiger charge is -2.19. The zero-order valence-electron chi connectivity index (χ0n) is 9.61. The third-order valence-electron chi connectivity index (χ3n) is 2.11. The fraction of sp³-hybridized carbons (Fsp3) is 0.455. The summed E-state index contributed by atoms with van der Waals surface area (Å²) in [6, 6.07) is 5.50. The van der Waals surface area contributed by atoms with Crippen LogP contribution in [0.25, 0.3) is 0 Å². The Labute approximate surface area is 105 Å². The minimum atomic E-state index is -5.73. The van der Waals surface area contributed by atoms with Gasteiger partial charge in [0.25, 0.3) is 0 Å². The summed E-state index contributed by atoms with van der Waals surface area (Å²) in [5, 5.41) is 2.56. The first-order chi connectivity index (χ1) is 8.72. The maximum atomic E-state index is 12.8. The van der Waals surface area contributed by atoms with Crippen LogP contribution in [0.3, 0.4) is 0 Å². The van der Waals surface area contributed by atoms with Crippen LogP contribution in [0.15, 0.2) is 24.3 Å². The van der Waals surface area contributed by atoms with Gasteiger partial charge in [-0.05, 0) is 17.7 Å². The Morgan fingerprint density at radius 2 is 1.79 bits per heavy atom. The summed E-state index contributed by atoms with van der Waals surface area (Å²) in [6.07, 6.45) is -10.9. The number of benzene rings is 1. The van der Waals surface area contributed by atoms with Crippen LogP contribution in [0.1, 0.15) is 5.56 Å². The van der Waals surface area contributed by atoms with Crippen LogP contribution in [0.2, 0.25) is 0 Å². The van der Waals surface area contributed by atoms with Crippen LogP contribution in [-0.2, 0) is 11.3 Å². The summed E-state index contributed by atoms with van der Waals surface area (Å²) in [5.74, 6) is -0.459. The van der Waals surface area contributed by atoms with E-state index in [-0.39, 0.29) is 13.1 Å². The second kappa shape index (κ2) is 6.25. The SMILES string of the molecule is Fc1cccc(CNCCOC(F)(F)C(F)(F)F)c1. The quantitative estimate of drug-likeness (QED) is 0.641. The Morgan fingerprint density at radius 3 is 2.37 bits per heavy atom. The first-order valence-electron chi connectivity index (χ1n) is 5.26. The first-order valence-corrected chi connectivity index (χ1v) is 5.26. The number of hydrogen-bond donors (Lipinski definition) is 1. The predicted molar refractivity (Wildman–Crippen MR) is 55.1 cm³/mol. The van der Waals surface area contributed by atoms with E-state index in [0.717, 1.165) is 0 Å². The van der Waals surface area contributed by atoms with Crippen molar-refractivity contribution in [3.05, 3.63) is 35.6 Å². The van der Waals surface area contributed by atoms with E-state index in [1.807, 2.05) is 0 Å². The zero-order valence-corrected chi connectivity index (χ0v) is 9.61. The molecule has 0 saturated carbocycles. The third kappa shape index (κ3) is 5.07. The van der Waals surface area contributed by atoms with Crippen LogP contribution in [-0.4, -0.2) is 25.4 Å². The van der Waals surface area contributed by atoms with Gasteiger partial charge in [-0.15, -0.1) is 0 Å². The van der Waals surface area contributed by atoms with Crippen molar-refractivity contribution >= 4 is 0 Å². The van der Waals surface area contributed by atoms with Crippen molar-refractivity contribution in [2.75, 3.05) is 13.2 Å². The Hall–Kier alpha value is -1.28. The fourth-order valence-corrected chi connectivity index (χ4v) is 1.21. The lowest BCUT2D eigenvalue weighted by atomic mass is 10.2. The molecule has 0 spiro atoms. The third-order valence-corrected chi connectivity index (χ3v) is 2.11. The minimum absolute atomic E-state index is 0.138. The molecule has 8 heteroatoms. The molecule has 0 aliphatic rings. The molecule has 0 aliphatic heterocycles.